The Bertz CT molecular complexity index is 1100. The molecule has 1 fully saturated rings. The zero-order valence-electron chi connectivity index (χ0n) is 16.0. The molecule has 1 atom stereocenters. The summed E-state index contributed by atoms with van der Waals surface area (Å²) in [7, 11) is 0. The number of amides is 1. The first-order chi connectivity index (χ1) is 14.5. The van der Waals surface area contributed by atoms with Crippen LogP contribution in [-0.2, 0) is 11.3 Å². The monoisotopic (exact) mass is 473 g/mol. The van der Waals surface area contributed by atoms with Gasteiger partial charge in [-0.25, -0.2) is 19.6 Å². The predicted octanol–water partition coefficient (Wildman–Crippen LogP) is 3.29. The van der Waals surface area contributed by atoms with E-state index in [2.05, 4.69) is 25.9 Å². The van der Waals surface area contributed by atoms with Crippen molar-refractivity contribution >= 4 is 39.3 Å². The molecule has 3 N–H and O–H groups in total. The first-order valence-corrected chi connectivity index (χ1v) is 10.3. The number of piperidine rings is 1. The Morgan fingerprint density at radius 2 is 2.07 bits per heavy atom. The number of nitrogens with two attached hydrogens (primary N) is 1. The molecule has 1 aliphatic heterocycles. The normalized spacial score (nSPS) is 16.6. The lowest BCUT2D eigenvalue weighted by atomic mass is 9.97. The van der Waals surface area contributed by atoms with Gasteiger partial charge in [-0.2, -0.15) is 0 Å². The molecular formula is C20H20BrN5O4. The fourth-order valence-corrected chi connectivity index (χ4v) is 4.28. The number of aromatic carboxylic acids is 1. The molecule has 0 bridgehead atoms. The molecule has 3 aromatic rings. The van der Waals surface area contributed by atoms with Crippen molar-refractivity contribution in [1.29, 1.82) is 0 Å². The molecule has 10 heteroatoms. The Hall–Kier alpha value is -3.14. The zero-order valence-corrected chi connectivity index (χ0v) is 17.6. The Morgan fingerprint density at radius 1 is 1.30 bits per heavy atom. The SMILES string of the molecule is Nc1ncc(C(=O)O)n2c([C@@H]3CCCN(C(=O)OCc4ccccc4)C3)nc(Br)c12. The molecule has 2 aromatic heterocycles. The number of ether oxygens (including phenoxy) is 1. The molecule has 9 nitrogen and oxygen atoms in total. The summed E-state index contributed by atoms with van der Waals surface area (Å²) < 4.78 is 7.39. The van der Waals surface area contributed by atoms with E-state index in [0.29, 0.717) is 29.0 Å². The molecule has 0 aliphatic carbocycles. The smallest absolute Gasteiger partial charge is 0.410 e. The summed E-state index contributed by atoms with van der Waals surface area (Å²) in [6, 6.07) is 9.48. The summed E-state index contributed by atoms with van der Waals surface area (Å²) in [5.74, 6) is -0.584. The van der Waals surface area contributed by atoms with E-state index in [1.54, 1.807) is 4.90 Å². The molecule has 1 saturated heterocycles. The maximum Gasteiger partial charge on any atom is 0.410 e. The number of halogens is 1. The van der Waals surface area contributed by atoms with E-state index in [-0.39, 0.29) is 24.0 Å². The number of nitrogens with zero attached hydrogens (tertiary/aromatic N) is 4. The Morgan fingerprint density at radius 3 is 2.80 bits per heavy atom. The summed E-state index contributed by atoms with van der Waals surface area (Å²) in [4.78, 5) is 34.4. The maximum atomic E-state index is 12.6. The van der Waals surface area contributed by atoms with Crippen molar-refractivity contribution in [3.05, 3.63) is 58.2 Å². The van der Waals surface area contributed by atoms with Crippen LogP contribution in [0.2, 0.25) is 0 Å². The summed E-state index contributed by atoms with van der Waals surface area (Å²) in [6.45, 7) is 1.15. The Balaban J connectivity index is 1.57. The molecule has 1 aliphatic rings. The number of carboxylic acid groups (broad SMARTS) is 1. The molecule has 4 rings (SSSR count). The third kappa shape index (κ3) is 3.82. The van der Waals surface area contributed by atoms with Crippen LogP contribution >= 0.6 is 15.9 Å². The number of benzene rings is 1. The second-order valence-corrected chi connectivity index (χ2v) is 7.86. The van der Waals surface area contributed by atoms with Gasteiger partial charge < -0.3 is 20.5 Å². The third-order valence-corrected chi connectivity index (χ3v) is 5.69. The van der Waals surface area contributed by atoms with Gasteiger partial charge in [0.15, 0.2) is 11.5 Å². The molecule has 0 saturated carbocycles. The van der Waals surface area contributed by atoms with Crippen LogP contribution in [0.3, 0.4) is 0 Å². The largest absolute Gasteiger partial charge is 0.477 e. The molecule has 1 aromatic carbocycles. The van der Waals surface area contributed by atoms with Crippen molar-refractivity contribution in [1.82, 2.24) is 19.3 Å². The highest BCUT2D eigenvalue weighted by Gasteiger charge is 2.31. The standard InChI is InChI=1S/C20H20BrN5O4/c21-16-15-17(22)23-9-14(19(27)28)26(15)18(24-16)13-7-4-8-25(10-13)20(29)30-11-12-5-2-1-3-6-12/h1-3,5-6,9,13H,4,7-8,10-11H2,(H2,22,23)(H,27,28)/t13-/m1/s1. The molecule has 0 radical (unpaired) electrons. The molecule has 0 spiro atoms. The van der Waals surface area contributed by atoms with E-state index in [1.807, 2.05) is 30.3 Å². The summed E-state index contributed by atoms with van der Waals surface area (Å²) in [6.07, 6.45) is 2.33. The number of carboxylic acids is 1. The maximum absolute atomic E-state index is 12.6. The van der Waals surface area contributed by atoms with Gasteiger partial charge in [0.1, 0.15) is 22.6 Å². The number of hydrogen-bond donors (Lipinski definition) is 2. The number of hydrogen-bond acceptors (Lipinski definition) is 6. The number of likely N-dealkylation sites (tertiary alicyclic amines) is 1. The predicted molar refractivity (Wildman–Crippen MR) is 112 cm³/mol. The van der Waals surface area contributed by atoms with Crippen LogP contribution in [0.4, 0.5) is 10.6 Å². The van der Waals surface area contributed by atoms with E-state index in [0.717, 1.165) is 18.4 Å². The zero-order chi connectivity index (χ0) is 21.3. The van der Waals surface area contributed by atoms with Crippen LogP contribution in [0.1, 0.15) is 40.6 Å². The van der Waals surface area contributed by atoms with Gasteiger partial charge in [-0.1, -0.05) is 30.3 Å². The highest BCUT2D eigenvalue weighted by molar-refractivity contribution is 9.10. The van der Waals surface area contributed by atoms with Gasteiger partial charge in [-0.3, -0.25) is 4.40 Å². The van der Waals surface area contributed by atoms with Crippen LogP contribution in [0.25, 0.3) is 5.52 Å². The molecule has 30 heavy (non-hydrogen) atoms. The van der Waals surface area contributed by atoms with Crippen molar-refractivity contribution < 1.29 is 19.4 Å². The summed E-state index contributed by atoms with van der Waals surface area (Å²) in [5, 5.41) is 9.59. The first kappa shape index (κ1) is 20.1. The van der Waals surface area contributed by atoms with Gasteiger partial charge >= 0.3 is 12.1 Å². The van der Waals surface area contributed by atoms with Gasteiger partial charge in [0, 0.05) is 19.0 Å². The van der Waals surface area contributed by atoms with E-state index in [9.17, 15) is 14.7 Å². The lowest BCUT2D eigenvalue weighted by molar-refractivity contribution is 0.0685. The number of rotatable bonds is 4. The minimum atomic E-state index is -1.13. The minimum Gasteiger partial charge on any atom is -0.477 e. The van der Waals surface area contributed by atoms with Crippen molar-refractivity contribution in [3.63, 3.8) is 0 Å². The van der Waals surface area contributed by atoms with Gasteiger partial charge in [0.05, 0.1) is 6.20 Å². The third-order valence-electron chi connectivity index (χ3n) is 5.14. The van der Waals surface area contributed by atoms with Crippen LogP contribution in [0, 0.1) is 0 Å². The molecule has 3 heterocycles. The average Bonchev–Trinajstić information content (AvgIpc) is 3.11. The number of carbonyl (C=O) groups excluding carboxylic acids is 1. The van der Waals surface area contributed by atoms with Crippen LogP contribution in [-0.4, -0.2) is 49.5 Å². The first-order valence-electron chi connectivity index (χ1n) is 9.47. The fraction of sp³-hybridized carbons (Fsp3) is 0.300. The van der Waals surface area contributed by atoms with Crippen molar-refractivity contribution in [2.24, 2.45) is 0 Å². The molecule has 0 unspecified atom stereocenters. The Labute approximate surface area is 180 Å². The lowest BCUT2D eigenvalue weighted by Gasteiger charge is -2.31. The van der Waals surface area contributed by atoms with Gasteiger partial charge in [-0.15, -0.1) is 0 Å². The number of aromatic nitrogens is 3. The highest BCUT2D eigenvalue weighted by Crippen LogP contribution is 2.32. The number of anilines is 1. The number of carbonyl (C=O) groups is 2. The number of imidazole rings is 1. The minimum absolute atomic E-state index is 0.0313. The van der Waals surface area contributed by atoms with Crippen molar-refractivity contribution in [2.45, 2.75) is 25.4 Å². The topological polar surface area (TPSA) is 123 Å². The van der Waals surface area contributed by atoms with E-state index < -0.39 is 12.1 Å². The van der Waals surface area contributed by atoms with Crippen molar-refractivity contribution in [3.8, 4) is 0 Å². The van der Waals surface area contributed by atoms with Gasteiger partial charge in [0.25, 0.3) is 0 Å². The van der Waals surface area contributed by atoms with E-state index >= 15 is 0 Å². The fourth-order valence-electron chi connectivity index (χ4n) is 3.71. The van der Waals surface area contributed by atoms with E-state index in [1.165, 1.54) is 10.6 Å². The second kappa shape index (κ2) is 8.31. The van der Waals surface area contributed by atoms with Crippen LogP contribution in [0.15, 0.2) is 41.1 Å². The van der Waals surface area contributed by atoms with Gasteiger partial charge in [-0.05, 0) is 34.3 Å². The quantitative estimate of drug-likeness (QED) is 0.595. The summed E-state index contributed by atoms with van der Waals surface area (Å²) >= 11 is 3.36. The average molecular weight is 474 g/mol. The van der Waals surface area contributed by atoms with Gasteiger partial charge in [0.2, 0.25) is 0 Å². The number of nitrogen functional groups attached to an aromatic ring is 1. The van der Waals surface area contributed by atoms with Crippen LogP contribution < -0.4 is 5.73 Å². The number of fused-ring (bicyclic) bond motifs is 1. The lowest BCUT2D eigenvalue weighted by Crippen LogP contribution is -2.40. The highest BCUT2D eigenvalue weighted by atomic mass is 79.9. The molecule has 1 amide bonds. The Kier molecular flexibility index (Phi) is 5.58. The van der Waals surface area contributed by atoms with Crippen LogP contribution in [0.5, 0.6) is 0 Å². The van der Waals surface area contributed by atoms with E-state index in [4.69, 9.17) is 10.5 Å². The molecular weight excluding hydrogens is 454 g/mol. The second-order valence-electron chi connectivity index (χ2n) is 7.10. The van der Waals surface area contributed by atoms with Crippen molar-refractivity contribution in [2.75, 3.05) is 18.8 Å². The molecule has 156 valence electrons. The summed E-state index contributed by atoms with van der Waals surface area (Å²) in [5.41, 5.74) is 7.25.